The van der Waals surface area contributed by atoms with Crippen molar-refractivity contribution in [3.05, 3.63) is 34.6 Å². The molecule has 116 valence electrons. The highest BCUT2D eigenvalue weighted by Crippen LogP contribution is 2.39. The minimum Gasteiger partial charge on any atom is -0.481 e. The summed E-state index contributed by atoms with van der Waals surface area (Å²) in [7, 11) is 0. The predicted octanol–water partition coefficient (Wildman–Crippen LogP) is 4.79. The fourth-order valence-corrected chi connectivity index (χ4v) is 3.54. The van der Waals surface area contributed by atoms with Gasteiger partial charge in [0.2, 0.25) is 0 Å². The average Bonchev–Trinajstić information content (AvgIpc) is 2.42. The minimum atomic E-state index is -0.725. The molecule has 4 heteroatoms. The summed E-state index contributed by atoms with van der Waals surface area (Å²) >= 11 is 5.70. The first-order valence-corrected chi connectivity index (χ1v) is 7.93. The first-order chi connectivity index (χ1) is 9.88. The van der Waals surface area contributed by atoms with Gasteiger partial charge in [0.05, 0.1) is 10.9 Å². The molecule has 21 heavy (non-hydrogen) atoms. The predicted molar refractivity (Wildman–Crippen MR) is 81.9 cm³/mol. The Labute approximate surface area is 130 Å². The van der Waals surface area contributed by atoms with Crippen LogP contribution in [0.1, 0.15) is 38.7 Å². The number of hydrogen-bond donors (Lipinski definition) is 1. The molecule has 0 aliphatic heterocycles. The van der Waals surface area contributed by atoms with Crippen LogP contribution in [0.3, 0.4) is 0 Å². The van der Waals surface area contributed by atoms with Crippen molar-refractivity contribution in [3.8, 4) is 0 Å². The molecule has 3 atom stereocenters. The Kier molecular flexibility index (Phi) is 5.26. The molecule has 1 aromatic rings. The monoisotopic (exact) mass is 312 g/mol. The van der Waals surface area contributed by atoms with Crippen LogP contribution in [-0.4, -0.2) is 11.1 Å². The van der Waals surface area contributed by atoms with E-state index in [4.69, 9.17) is 11.6 Å². The summed E-state index contributed by atoms with van der Waals surface area (Å²) in [5.41, 5.74) is 0.831. The maximum absolute atomic E-state index is 13.5. The van der Waals surface area contributed by atoms with Crippen LogP contribution >= 0.6 is 11.6 Å². The first kappa shape index (κ1) is 16.3. The summed E-state index contributed by atoms with van der Waals surface area (Å²) in [6.45, 7) is 4.37. The molecule has 0 amide bonds. The van der Waals surface area contributed by atoms with Gasteiger partial charge < -0.3 is 5.11 Å². The number of carbonyl (C=O) groups is 1. The van der Waals surface area contributed by atoms with E-state index in [1.807, 2.05) is 0 Å². The fraction of sp³-hybridized carbons (Fsp3) is 0.588. The molecule has 1 aromatic carbocycles. The summed E-state index contributed by atoms with van der Waals surface area (Å²) in [5, 5.41) is 9.52. The first-order valence-electron chi connectivity index (χ1n) is 7.55. The lowest BCUT2D eigenvalue weighted by Crippen LogP contribution is -2.33. The van der Waals surface area contributed by atoms with Crippen LogP contribution in [0.5, 0.6) is 0 Å². The van der Waals surface area contributed by atoms with Gasteiger partial charge in [-0.2, -0.15) is 0 Å². The summed E-state index contributed by atoms with van der Waals surface area (Å²) in [6, 6.07) is 4.77. The van der Waals surface area contributed by atoms with Gasteiger partial charge in [0.15, 0.2) is 0 Å². The van der Waals surface area contributed by atoms with Crippen LogP contribution in [-0.2, 0) is 11.2 Å². The molecule has 2 rings (SSSR count). The molecule has 0 aromatic heterocycles. The molecular formula is C17H22ClFO2. The topological polar surface area (TPSA) is 37.3 Å². The third kappa shape index (κ3) is 3.97. The summed E-state index contributed by atoms with van der Waals surface area (Å²) in [5.74, 6) is -0.288. The molecule has 2 nitrogen and oxygen atoms in total. The highest BCUT2D eigenvalue weighted by molar-refractivity contribution is 6.30. The van der Waals surface area contributed by atoms with Crippen LogP contribution in [0.25, 0.3) is 0 Å². The number of carboxylic acid groups (broad SMARTS) is 1. The Morgan fingerprint density at radius 1 is 1.43 bits per heavy atom. The molecule has 0 bridgehead atoms. The molecule has 1 N–H and O–H groups in total. The molecule has 1 fully saturated rings. The Balaban J connectivity index is 2.15. The molecular weight excluding hydrogens is 291 g/mol. The fourth-order valence-electron chi connectivity index (χ4n) is 3.43. The Hall–Kier alpha value is -1.09. The third-order valence-electron chi connectivity index (χ3n) is 4.76. The van der Waals surface area contributed by atoms with Crippen molar-refractivity contribution < 1.29 is 14.3 Å². The van der Waals surface area contributed by atoms with E-state index in [2.05, 4.69) is 13.8 Å². The highest BCUT2D eigenvalue weighted by atomic mass is 35.5. The minimum absolute atomic E-state index is 0.0734. The Morgan fingerprint density at radius 2 is 2.14 bits per heavy atom. The van der Waals surface area contributed by atoms with Crippen LogP contribution in [0.2, 0.25) is 5.02 Å². The zero-order valence-electron chi connectivity index (χ0n) is 12.5. The normalized spacial score (nSPS) is 26.0. The van der Waals surface area contributed by atoms with Crippen LogP contribution in [0, 0.1) is 29.5 Å². The molecule has 1 aliphatic rings. The zero-order valence-corrected chi connectivity index (χ0v) is 13.2. The van der Waals surface area contributed by atoms with Gasteiger partial charge in [-0.05, 0) is 61.1 Å². The van der Waals surface area contributed by atoms with Crippen molar-refractivity contribution >= 4 is 17.6 Å². The average molecular weight is 313 g/mol. The summed E-state index contributed by atoms with van der Waals surface area (Å²) < 4.78 is 13.5. The van der Waals surface area contributed by atoms with Gasteiger partial charge in [-0.3, -0.25) is 4.79 Å². The van der Waals surface area contributed by atoms with Crippen LogP contribution in [0.15, 0.2) is 18.2 Å². The van der Waals surface area contributed by atoms with Crippen molar-refractivity contribution in [1.82, 2.24) is 0 Å². The maximum atomic E-state index is 13.5. The second kappa shape index (κ2) is 6.78. The number of carboxylic acids is 1. The molecule has 0 saturated heterocycles. The van der Waals surface area contributed by atoms with Crippen LogP contribution < -0.4 is 0 Å². The summed E-state index contributed by atoms with van der Waals surface area (Å²) in [6.07, 6.45) is 3.20. The van der Waals surface area contributed by atoms with Gasteiger partial charge >= 0.3 is 5.97 Å². The Morgan fingerprint density at radius 3 is 2.71 bits per heavy atom. The van der Waals surface area contributed by atoms with Crippen molar-refractivity contribution in [2.24, 2.45) is 23.7 Å². The smallest absolute Gasteiger partial charge is 0.306 e. The van der Waals surface area contributed by atoms with E-state index in [9.17, 15) is 14.3 Å². The highest BCUT2D eigenvalue weighted by Gasteiger charge is 2.35. The van der Waals surface area contributed by atoms with Gasteiger partial charge in [-0.15, -0.1) is 0 Å². The lowest BCUT2D eigenvalue weighted by molar-refractivity contribution is -0.145. The lowest BCUT2D eigenvalue weighted by Gasteiger charge is -2.36. The molecule has 3 unspecified atom stereocenters. The molecule has 0 heterocycles. The second-order valence-corrected chi connectivity index (χ2v) is 6.88. The lowest BCUT2D eigenvalue weighted by atomic mass is 9.69. The second-order valence-electron chi connectivity index (χ2n) is 6.47. The quantitative estimate of drug-likeness (QED) is 0.867. The van der Waals surface area contributed by atoms with Crippen molar-refractivity contribution in [1.29, 1.82) is 0 Å². The van der Waals surface area contributed by atoms with E-state index in [0.29, 0.717) is 18.3 Å². The number of aliphatic carboxylic acids is 1. The van der Waals surface area contributed by atoms with Crippen molar-refractivity contribution in [2.45, 2.75) is 39.5 Å². The standard InChI is InChI=1S/C17H22ClFO2/c1-10(2)12-4-5-14(17(20)21)13(9-12)7-11-3-6-15(18)16(19)8-11/h3,6,8,10,12-14H,4-5,7,9H2,1-2H3,(H,20,21). The van der Waals surface area contributed by atoms with Gasteiger partial charge in [0.1, 0.15) is 5.82 Å². The van der Waals surface area contributed by atoms with Gasteiger partial charge in [0, 0.05) is 0 Å². The van der Waals surface area contributed by atoms with E-state index in [1.54, 1.807) is 12.1 Å². The van der Waals surface area contributed by atoms with Crippen molar-refractivity contribution in [2.75, 3.05) is 0 Å². The van der Waals surface area contributed by atoms with Gasteiger partial charge in [0.25, 0.3) is 0 Å². The number of halogens is 2. The van der Waals surface area contributed by atoms with E-state index < -0.39 is 11.8 Å². The summed E-state index contributed by atoms with van der Waals surface area (Å²) in [4.78, 5) is 11.5. The largest absolute Gasteiger partial charge is 0.481 e. The number of rotatable bonds is 4. The number of benzene rings is 1. The van der Waals surface area contributed by atoms with E-state index >= 15 is 0 Å². The molecule has 1 aliphatic carbocycles. The van der Waals surface area contributed by atoms with Crippen molar-refractivity contribution in [3.63, 3.8) is 0 Å². The van der Waals surface area contributed by atoms with Gasteiger partial charge in [-0.25, -0.2) is 4.39 Å². The van der Waals surface area contributed by atoms with Gasteiger partial charge in [-0.1, -0.05) is 31.5 Å². The Bertz CT molecular complexity index is 516. The maximum Gasteiger partial charge on any atom is 0.306 e. The third-order valence-corrected chi connectivity index (χ3v) is 5.07. The molecule has 0 spiro atoms. The molecule has 1 saturated carbocycles. The van der Waals surface area contributed by atoms with E-state index in [0.717, 1.165) is 24.8 Å². The number of hydrogen-bond acceptors (Lipinski definition) is 1. The molecule has 0 radical (unpaired) electrons. The van der Waals surface area contributed by atoms with E-state index in [-0.39, 0.29) is 16.9 Å². The van der Waals surface area contributed by atoms with E-state index in [1.165, 1.54) is 6.07 Å². The zero-order chi connectivity index (χ0) is 15.6. The van der Waals surface area contributed by atoms with Crippen LogP contribution in [0.4, 0.5) is 4.39 Å². The SMILES string of the molecule is CC(C)C1CCC(C(=O)O)C(Cc2ccc(Cl)c(F)c2)C1.